The standard InChI is InChI=1S/C18H16F2N2OS2/c1-10-2-4-12-13(8-21)18(25-15(12)6-10)22-17(23)9-24-16-7-11(19)3-5-14(16)20/h3,5,7,10H,2,4,6,9H2,1H3,(H,22,23)/t10-/m1/s1. The molecule has 1 aliphatic carbocycles. The SMILES string of the molecule is C[C@@H]1CCc2c(sc(NC(=O)CSc3cc(F)ccc3F)c2C#N)C1. The highest BCUT2D eigenvalue weighted by Gasteiger charge is 2.24. The van der Waals surface area contributed by atoms with Gasteiger partial charge in [-0.25, -0.2) is 8.78 Å². The quantitative estimate of drug-likeness (QED) is 0.781. The maximum absolute atomic E-state index is 13.6. The van der Waals surface area contributed by atoms with Gasteiger partial charge in [-0.15, -0.1) is 23.1 Å². The number of nitriles is 1. The molecule has 7 heteroatoms. The van der Waals surface area contributed by atoms with Crippen molar-refractivity contribution in [2.24, 2.45) is 5.92 Å². The lowest BCUT2D eigenvalue weighted by atomic mass is 9.89. The summed E-state index contributed by atoms with van der Waals surface area (Å²) in [5.74, 6) is -0.914. The minimum absolute atomic E-state index is 0.0514. The number of fused-ring (bicyclic) bond motifs is 1. The van der Waals surface area contributed by atoms with E-state index in [1.54, 1.807) is 0 Å². The van der Waals surface area contributed by atoms with Crippen LogP contribution >= 0.6 is 23.1 Å². The van der Waals surface area contributed by atoms with Crippen LogP contribution in [0.2, 0.25) is 0 Å². The number of anilines is 1. The number of carbonyl (C=O) groups excluding carboxylic acids is 1. The van der Waals surface area contributed by atoms with Crippen LogP contribution in [-0.4, -0.2) is 11.7 Å². The minimum Gasteiger partial charge on any atom is -0.316 e. The fourth-order valence-corrected chi connectivity index (χ4v) is 4.99. The van der Waals surface area contributed by atoms with Crippen molar-refractivity contribution in [3.8, 4) is 6.07 Å². The molecule has 1 aromatic carbocycles. The molecular formula is C18H16F2N2OS2. The lowest BCUT2D eigenvalue weighted by Gasteiger charge is -2.17. The Kier molecular flexibility index (Phi) is 5.40. The molecule has 0 fully saturated rings. The largest absolute Gasteiger partial charge is 0.316 e. The van der Waals surface area contributed by atoms with Gasteiger partial charge in [0.25, 0.3) is 0 Å². The Balaban J connectivity index is 1.69. The highest BCUT2D eigenvalue weighted by Crippen LogP contribution is 2.39. The summed E-state index contributed by atoms with van der Waals surface area (Å²) >= 11 is 2.38. The predicted molar refractivity (Wildman–Crippen MR) is 95.9 cm³/mol. The van der Waals surface area contributed by atoms with Crippen molar-refractivity contribution >= 4 is 34.0 Å². The third-order valence-electron chi connectivity index (χ3n) is 4.13. The monoisotopic (exact) mass is 378 g/mol. The van der Waals surface area contributed by atoms with Crippen molar-refractivity contribution in [2.45, 2.75) is 31.1 Å². The van der Waals surface area contributed by atoms with E-state index in [0.29, 0.717) is 16.5 Å². The Morgan fingerprint density at radius 3 is 3.04 bits per heavy atom. The molecule has 1 amide bonds. The smallest absolute Gasteiger partial charge is 0.235 e. The summed E-state index contributed by atoms with van der Waals surface area (Å²) in [7, 11) is 0. The van der Waals surface area contributed by atoms with Crippen LogP contribution in [0, 0.1) is 28.9 Å². The van der Waals surface area contributed by atoms with E-state index in [4.69, 9.17) is 0 Å². The van der Waals surface area contributed by atoms with Crippen LogP contribution in [0.4, 0.5) is 13.8 Å². The number of hydrogen-bond donors (Lipinski definition) is 1. The number of hydrogen-bond acceptors (Lipinski definition) is 4. The van der Waals surface area contributed by atoms with E-state index in [2.05, 4.69) is 18.3 Å². The van der Waals surface area contributed by atoms with Crippen LogP contribution in [-0.2, 0) is 17.6 Å². The van der Waals surface area contributed by atoms with Gasteiger partial charge in [0.15, 0.2) is 0 Å². The number of thiophene rings is 1. The lowest BCUT2D eigenvalue weighted by Crippen LogP contribution is -2.14. The summed E-state index contributed by atoms with van der Waals surface area (Å²) in [6.07, 6.45) is 2.82. The molecule has 3 rings (SSSR count). The summed E-state index contributed by atoms with van der Waals surface area (Å²) in [5.41, 5.74) is 1.59. The molecule has 2 aromatic rings. The van der Waals surface area contributed by atoms with E-state index in [-0.39, 0.29) is 16.6 Å². The maximum Gasteiger partial charge on any atom is 0.235 e. The van der Waals surface area contributed by atoms with Crippen molar-refractivity contribution in [3.05, 3.63) is 45.8 Å². The van der Waals surface area contributed by atoms with Gasteiger partial charge in [-0.05, 0) is 48.9 Å². The third-order valence-corrected chi connectivity index (χ3v) is 6.33. The van der Waals surface area contributed by atoms with Crippen molar-refractivity contribution in [1.29, 1.82) is 5.26 Å². The van der Waals surface area contributed by atoms with Gasteiger partial charge in [-0.2, -0.15) is 5.26 Å². The Morgan fingerprint density at radius 1 is 1.48 bits per heavy atom. The highest BCUT2D eigenvalue weighted by atomic mass is 32.2. The lowest BCUT2D eigenvalue weighted by molar-refractivity contribution is -0.113. The van der Waals surface area contributed by atoms with Gasteiger partial charge in [-0.1, -0.05) is 6.92 Å². The summed E-state index contributed by atoms with van der Waals surface area (Å²) in [6, 6.07) is 5.34. The van der Waals surface area contributed by atoms with Gasteiger partial charge < -0.3 is 5.32 Å². The first-order valence-corrected chi connectivity index (χ1v) is 9.70. The summed E-state index contributed by atoms with van der Waals surface area (Å²) in [5, 5.41) is 12.7. The number of halogens is 2. The number of nitrogens with zero attached hydrogens (tertiary/aromatic N) is 1. The number of benzene rings is 1. The fraction of sp³-hybridized carbons (Fsp3) is 0.333. The van der Waals surface area contributed by atoms with E-state index in [1.807, 2.05) is 0 Å². The molecule has 0 radical (unpaired) electrons. The van der Waals surface area contributed by atoms with Crippen LogP contribution in [0.1, 0.15) is 29.3 Å². The average molecular weight is 378 g/mol. The normalized spacial score (nSPS) is 16.2. The first-order chi connectivity index (χ1) is 12.0. The average Bonchev–Trinajstić information content (AvgIpc) is 2.91. The molecule has 1 N–H and O–H groups in total. The first kappa shape index (κ1) is 17.9. The second-order valence-electron chi connectivity index (χ2n) is 6.08. The summed E-state index contributed by atoms with van der Waals surface area (Å²) < 4.78 is 26.8. The van der Waals surface area contributed by atoms with E-state index in [1.165, 1.54) is 11.3 Å². The van der Waals surface area contributed by atoms with Crippen molar-refractivity contribution in [1.82, 2.24) is 0 Å². The molecule has 0 bridgehead atoms. The van der Waals surface area contributed by atoms with E-state index >= 15 is 0 Å². The Labute approximate surface area is 153 Å². The van der Waals surface area contributed by atoms with Gasteiger partial charge >= 0.3 is 0 Å². The molecule has 25 heavy (non-hydrogen) atoms. The van der Waals surface area contributed by atoms with Crippen LogP contribution < -0.4 is 5.32 Å². The number of amides is 1. The number of carbonyl (C=O) groups is 1. The van der Waals surface area contributed by atoms with Gasteiger partial charge in [-0.3, -0.25) is 4.79 Å². The zero-order valence-corrected chi connectivity index (χ0v) is 15.2. The number of nitrogens with one attached hydrogen (secondary N) is 1. The van der Waals surface area contributed by atoms with Crippen molar-refractivity contribution in [2.75, 3.05) is 11.1 Å². The van der Waals surface area contributed by atoms with Gasteiger partial charge in [0.05, 0.1) is 11.3 Å². The molecule has 0 unspecified atom stereocenters. The zero-order chi connectivity index (χ0) is 18.0. The van der Waals surface area contributed by atoms with Crippen molar-refractivity contribution in [3.63, 3.8) is 0 Å². The number of thioether (sulfide) groups is 1. The molecule has 0 spiro atoms. The van der Waals surface area contributed by atoms with Crippen LogP contribution in [0.15, 0.2) is 23.1 Å². The first-order valence-electron chi connectivity index (χ1n) is 7.90. The Hall–Kier alpha value is -1.91. The third kappa shape index (κ3) is 4.02. The minimum atomic E-state index is -0.558. The van der Waals surface area contributed by atoms with Gasteiger partial charge in [0.2, 0.25) is 5.91 Å². The predicted octanol–water partition coefficient (Wildman–Crippen LogP) is 4.75. The number of rotatable bonds is 4. The van der Waals surface area contributed by atoms with Crippen LogP contribution in [0.5, 0.6) is 0 Å². The van der Waals surface area contributed by atoms with Gasteiger partial charge in [0.1, 0.15) is 22.7 Å². The topological polar surface area (TPSA) is 52.9 Å². The van der Waals surface area contributed by atoms with Crippen LogP contribution in [0.3, 0.4) is 0 Å². The molecule has 0 saturated carbocycles. The van der Waals surface area contributed by atoms with E-state index in [9.17, 15) is 18.8 Å². The zero-order valence-electron chi connectivity index (χ0n) is 13.6. The Bertz CT molecular complexity index is 857. The second kappa shape index (κ2) is 7.54. The van der Waals surface area contributed by atoms with E-state index < -0.39 is 11.6 Å². The molecule has 0 aliphatic heterocycles. The van der Waals surface area contributed by atoms with Gasteiger partial charge in [0, 0.05) is 9.77 Å². The van der Waals surface area contributed by atoms with Crippen LogP contribution in [0.25, 0.3) is 0 Å². The molecule has 3 nitrogen and oxygen atoms in total. The summed E-state index contributed by atoms with van der Waals surface area (Å²) in [4.78, 5) is 13.4. The molecular weight excluding hydrogens is 362 g/mol. The van der Waals surface area contributed by atoms with Crippen molar-refractivity contribution < 1.29 is 13.6 Å². The maximum atomic E-state index is 13.6. The fourth-order valence-electron chi connectivity index (χ4n) is 2.85. The highest BCUT2D eigenvalue weighted by molar-refractivity contribution is 8.00. The molecule has 1 aromatic heterocycles. The molecule has 0 saturated heterocycles. The second-order valence-corrected chi connectivity index (χ2v) is 8.20. The molecule has 1 aliphatic rings. The molecule has 1 atom stereocenters. The van der Waals surface area contributed by atoms with E-state index in [0.717, 1.165) is 59.7 Å². The molecule has 1 heterocycles. The Morgan fingerprint density at radius 2 is 2.28 bits per heavy atom. The molecule has 130 valence electrons. The summed E-state index contributed by atoms with van der Waals surface area (Å²) in [6.45, 7) is 2.18.